The predicted molar refractivity (Wildman–Crippen MR) is 93.1 cm³/mol. The quantitative estimate of drug-likeness (QED) is 0.704. The molecule has 2 heterocycles. The van der Waals surface area contributed by atoms with E-state index in [-0.39, 0.29) is 12.2 Å². The van der Waals surface area contributed by atoms with Gasteiger partial charge in [0.15, 0.2) is 5.82 Å². The minimum atomic E-state index is -1.15. The number of halogens is 1. The Morgan fingerprint density at radius 2 is 1.81 bits per heavy atom. The third-order valence-corrected chi connectivity index (χ3v) is 5.04. The summed E-state index contributed by atoms with van der Waals surface area (Å²) in [7, 11) is 0. The molecule has 26 heavy (non-hydrogen) atoms. The number of nitrogens with zero attached hydrogens (tertiary/aromatic N) is 4. The summed E-state index contributed by atoms with van der Waals surface area (Å²) in [5, 5.41) is 24.1. The van der Waals surface area contributed by atoms with Crippen molar-refractivity contribution in [3.05, 3.63) is 66.0 Å². The molecule has 0 spiro atoms. The van der Waals surface area contributed by atoms with E-state index < -0.39 is 11.2 Å². The summed E-state index contributed by atoms with van der Waals surface area (Å²) in [5.41, 5.74) is 2.09. The maximum absolute atomic E-state index is 13.2. The van der Waals surface area contributed by atoms with Gasteiger partial charge in [0.25, 0.3) is 0 Å². The van der Waals surface area contributed by atoms with Crippen molar-refractivity contribution < 1.29 is 14.3 Å². The molecule has 1 atom stereocenters. The number of carbonyl (C=O) groups excluding carboxylic acids is 1. The Balaban J connectivity index is 1.82. The van der Waals surface area contributed by atoms with Gasteiger partial charge in [-0.15, -0.1) is 10.2 Å². The Morgan fingerprint density at radius 3 is 2.50 bits per heavy atom. The first-order chi connectivity index (χ1) is 12.6. The van der Waals surface area contributed by atoms with Gasteiger partial charge >= 0.3 is 0 Å². The van der Waals surface area contributed by atoms with Crippen LogP contribution < -0.4 is 5.11 Å². The number of rotatable bonds is 4. The first-order valence-corrected chi connectivity index (χ1v) is 8.72. The lowest BCUT2D eigenvalue weighted by atomic mass is 10.1. The smallest absolute Gasteiger partial charge is 0.213 e. The lowest BCUT2D eigenvalue weighted by molar-refractivity contribution is -0.305. The van der Waals surface area contributed by atoms with Crippen molar-refractivity contribution in [3.63, 3.8) is 0 Å². The largest absolute Gasteiger partial charge is 0.550 e. The Bertz CT molecular complexity index is 986. The highest BCUT2D eigenvalue weighted by atomic mass is 32.2. The minimum absolute atomic E-state index is 0.183. The third kappa shape index (κ3) is 3.11. The molecule has 0 amide bonds. The van der Waals surface area contributed by atoms with E-state index in [0.29, 0.717) is 22.3 Å². The van der Waals surface area contributed by atoms with Gasteiger partial charge in [-0.25, -0.2) is 4.39 Å². The highest BCUT2D eigenvalue weighted by Gasteiger charge is 2.29. The molecule has 4 rings (SSSR count). The number of carboxylic acid groups (broad SMARTS) is 1. The number of carbonyl (C=O) groups is 1. The molecule has 1 aliphatic rings. The fourth-order valence-corrected chi connectivity index (χ4v) is 3.79. The molecule has 3 aromatic rings. The fourth-order valence-electron chi connectivity index (χ4n) is 2.71. The molecule has 0 saturated carbocycles. The zero-order chi connectivity index (χ0) is 18.1. The van der Waals surface area contributed by atoms with E-state index in [9.17, 15) is 14.3 Å². The monoisotopic (exact) mass is 367 g/mol. The van der Waals surface area contributed by atoms with E-state index in [4.69, 9.17) is 0 Å². The molecule has 0 N–H and O–H groups in total. The van der Waals surface area contributed by atoms with Crippen molar-refractivity contribution in [1.29, 1.82) is 0 Å². The minimum Gasteiger partial charge on any atom is -0.550 e. The molecule has 0 radical (unpaired) electrons. The van der Waals surface area contributed by atoms with Crippen LogP contribution in [0.3, 0.4) is 0 Å². The SMILES string of the molecule is O=C([O-])CC1Sc2nnc(-c3ccc(F)cc3)n2N=C1c1ccccc1. The number of hydrogen-bond donors (Lipinski definition) is 0. The highest BCUT2D eigenvalue weighted by Crippen LogP contribution is 2.34. The van der Waals surface area contributed by atoms with Crippen molar-refractivity contribution in [3.8, 4) is 11.4 Å². The van der Waals surface area contributed by atoms with Gasteiger partial charge in [-0.3, -0.25) is 0 Å². The van der Waals surface area contributed by atoms with Crippen LogP contribution in [-0.4, -0.2) is 31.8 Å². The first-order valence-electron chi connectivity index (χ1n) is 7.84. The maximum Gasteiger partial charge on any atom is 0.213 e. The van der Waals surface area contributed by atoms with Crippen LogP contribution in [0.5, 0.6) is 0 Å². The molecule has 1 aromatic heterocycles. The first kappa shape index (κ1) is 16.5. The second-order valence-electron chi connectivity index (χ2n) is 5.66. The average molecular weight is 367 g/mol. The Kier molecular flexibility index (Phi) is 4.26. The zero-order valence-electron chi connectivity index (χ0n) is 13.4. The topological polar surface area (TPSA) is 83.2 Å². The van der Waals surface area contributed by atoms with E-state index in [1.807, 2.05) is 30.3 Å². The molecule has 6 nitrogen and oxygen atoms in total. The molecule has 2 aromatic carbocycles. The molecule has 1 unspecified atom stereocenters. The van der Waals surface area contributed by atoms with E-state index in [0.717, 1.165) is 5.56 Å². The van der Waals surface area contributed by atoms with Crippen LogP contribution in [0.15, 0.2) is 64.9 Å². The number of carboxylic acids is 1. The summed E-state index contributed by atoms with van der Waals surface area (Å²) in [6, 6.07) is 15.2. The number of fused-ring (bicyclic) bond motifs is 1. The van der Waals surface area contributed by atoms with Gasteiger partial charge in [-0.1, -0.05) is 42.1 Å². The Labute approximate surface area is 152 Å². The molecular formula is C18H12FN4O2S-. The van der Waals surface area contributed by atoms with Gasteiger partial charge < -0.3 is 9.90 Å². The van der Waals surface area contributed by atoms with E-state index in [1.54, 1.807) is 16.8 Å². The lowest BCUT2D eigenvalue weighted by Crippen LogP contribution is -2.32. The molecule has 130 valence electrons. The van der Waals surface area contributed by atoms with Gasteiger partial charge in [-0.05, 0) is 29.8 Å². The number of thioether (sulfide) groups is 1. The zero-order valence-corrected chi connectivity index (χ0v) is 14.2. The lowest BCUT2D eigenvalue weighted by Gasteiger charge is -2.23. The molecule has 0 bridgehead atoms. The molecule has 0 aliphatic carbocycles. The van der Waals surface area contributed by atoms with Crippen LogP contribution in [0, 0.1) is 5.82 Å². The highest BCUT2D eigenvalue weighted by molar-refractivity contribution is 8.00. The van der Waals surface area contributed by atoms with Crippen LogP contribution in [0.25, 0.3) is 11.4 Å². The van der Waals surface area contributed by atoms with E-state index in [2.05, 4.69) is 15.3 Å². The van der Waals surface area contributed by atoms with Crippen molar-refractivity contribution in [1.82, 2.24) is 14.9 Å². The standard InChI is InChI=1S/C18H13FN4O2S/c19-13-8-6-12(7-9-13)17-20-21-18-23(17)22-16(11-4-2-1-3-5-11)14(26-18)10-15(24)25/h1-9,14H,10H2,(H,24,25)/p-1. The van der Waals surface area contributed by atoms with E-state index >= 15 is 0 Å². The van der Waals surface area contributed by atoms with Crippen LogP contribution in [-0.2, 0) is 4.79 Å². The van der Waals surface area contributed by atoms with Gasteiger partial charge in [-0.2, -0.15) is 9.78 Å². The van der Waals surface area contributed by atoms with Crippen molar-refractivity contribution in [2.24, 2.45) is 5.10 Å². The second-order valence-corrected chi connectivity index (χ2v) is 6.83. The summed E-state index contributed by atoms with van der Waals surface area (Å²) in [5.74, 6) is -1.03. The summed E-state index contributed by atoms with van der Waals surface area (Å²) >= 11 is 1.27. The van der Waals surface area contributed by atoms with Crippen molar-refractivity contribution in [2.75, 3.05) is 0 Å². The van der Waals surface area contributed by atoms with Gasteiger partial charge in [0, 0.05) is 18.0 Å². The maximum atomic E-state index is 13.2. The number of aromatic nitrogens is 3. The van der Waals surface area contributed by atoms with Crippen LogP contribution in [0.2, 0.25) is 0 Å². The van der Waals surface area contributed by atoms with Gasteiger partial charge in [0.1, 0.15) is 5.82 Å². The molecule has 0 fully saturated rings. The fraction of sp³-hybridized carbons (Fsp3) is 0.111. The van der Waals surface area contributed by atoms with Gasteiger partial charge in [0.05, 0.1) is 11.0 Å². The molecule has 1 aliphatic heterocycles. The number of hydrogen-bond acceptors (Lipinski definition) is 6. The summed E-state index contributed by atoms with van der Waals surface area (Å²) in [4.78, 5) is 11.2. The van der Waals surface area contributed by atoms with Crippen LogP contribution >= 0.6 is 11.8 Å². The number of benzene rings is 2. The van der Waals surface area contributed by atoms with Crippen LogP contribution in [0.4, 0.5) is 4.39 Å². The van der Waals surface area contributed by atoms with Crippen molar-refractivity contribution >= 4 is 23.4 Å². The normalized spacial score (nSPS) is 16.0. The Hall–Kier alpha value is -3.00. The molecule has 0 saturated heterocycles. The number of aliphatic carboxylic acids is 1. The Morgan fingerprint density at radius 1 is 1.08 bits per heavy atom. The van der Waals surface area contributed by atoms with Crippen molar-refractivity contribution in [2.45, 2.75) is 16.8 Å². The average Bonchev–Trinajstić information content (AvgIpc) is 3.05. The molecule has 8 heteroatoms. The van der Waals surface area contributed by atoms with E-state index in [1.165, 1.54) is 23.9 Å². The summed E-state index contributed by atoms with van der Waals surface area (Å²) < 4.78 is 14.7. The summed E-state index contributed by atoms with van der Waals surface area (Å²) in [6.07, 6.45) is -0.183. The predicted octanol–water partition coefficient (Wildman–Crippen LogP) is 1.95. The summed E-state index contributed by atoms with van der Waals surface area (Å²) in [6.45, 7) is 0. The third-order valence-electron chi connectivity index (χ3n) is 3.90. The second kappa shape index (κ2) is 6.72. The van der Waals surface area contributed by atoms with Gasteiger partial charge in [0.2, 0.25) is 5.16 Å². The van der Waals surface area contributed by atoms with Crippen LogP contribution in [0.1, 0.15) is 12.0 Å². The molecular weight excluding hydrogens is 355 g/mol.